The summed E-state index contributed by atoms with van der Waals surface area (Å²) in [7, 11) is 3.55. The van der Waals surface area contributed by atoms with Crippen LogP contribution in [0.25, 0.3) is 0 Å². The molecule has 1 fully saturated rings. The van der Waals surface area contributed by atoms with E-state index in [-0.39, 0.29) is 17.4 Å². The average molecular weight is 325 g/mol. The van der Waals surface area contributed by atoms with Gasteiger partial charge in [0.05, 0.1) is 7.11 Å². The lowest BCUT2D eigenvalue weighted by Gasteiger charge is -2.35. The number of rotatable bonds is 3. The maximum Gasteiger partial charge on any atom is 0.223 e. The third-order valence-electron chi connectivity index (χ3n) is 5.01. The van der Waals surface area contributed by atoms with E-state index >= 15 is 0 Å². The zero-order valence-corrected chi connectivity index (χ0v) is 15.2. The maximum absolute atomic E-state index is 12.4. The molecule has 2 atom stereocenters. The van der Waals surface area contributed by atoms with E-state index in [4.69, 9.17) is 4.74 Å². The smallest absolute Gasteiger partial charge is 0.223 e. The van der Waals surface area contributed by atoms with E-state index in [1.54, 1.807) is 7.11 Å². The third-order valence-corrected chi connectivity index (χ3v) is 5.01. The fourth-order valence-corrected chi connectivity index (χ4v) is 3.53. The average Bonchev–Trinajstić information content (AvgIpc) is 2.89. The van der Waals surface area contributed by atoms with Gasteiger partial charge in [-0.3, -0.25) is 4.79 Å². The standard InChI is InChI=1S/C19H21NO2.C2H6/c1-14-19(13-18(21)20(14)2,15-7-5-4-6-8-15)16-9-11-17(22-3)12-10-16;1-2/h4-12,14H,13H2,1-3H3;1-2H3. The largest absolute Gasteiger partial charge is 0.497 e. The monoisotopic (exact) mass is 325 g/mol. The summed E-state index contributed by atoms with van der Waals surface area (Å²) in [6.07, 6.45) is 0.501. The lowest BCUT2D eigenvalue weighted by atomic mass is 9.69. The molecule has 3 rings (SSSR count). The van der Waals surface area contributed by atoms with Gasteiger partial charge in [0.15, 0.2) is 0 Å². The van der Waals surface area contributed by atoms with E-state index in [0.29, 0.717) is 6.42 Å². The van der Waals surface area contributed by atoms with E-state index in [1.807, 2.05) is 56.1 Å². The molecule has 1 saturated heterocycles. The number of nitrogens with zero attached hydrogens (tertiary/aromatic N) is 1. The van der Waals surface area contributed by atoms with Crippen LogP contribution in [0.1, 0.15) is 38.3 Å². The molecule has 3 heteroatoms. The summed E-state index contributed by atoms with van der Waals surface area (Å²) in [6.45, 7) is 6.13. The van der Waals surface area contributed by atoms with Crippen molar-refractivity contribution >= 4 is 5.91 Å². The van der Waals surface area contributed by atoms with E-state index in [2.05, 4.69) is 31.2 Å². The Kier molecular flexibility index (Phi) is 5.66. The van der Waals surface area contributed by atoms with Crippen LogP contribution in [-0.2, 0) is 10.2 Å². The number of hydrogen-bond donors (Lipinski definition) is 0. The first kappa shape index (κ1) is 18.1. The van der Waals surface area contributed by atoms with Gasteiger partial charge < -0.3 is 9.64 Å². The quantitative estimate of drug-likeness (QED) is 0.844. The molecule has 0 N–H and O–H groups in total. The molecule has 0 spiro atoms. The van der Waals surface area contributed by atoms with Crippen LogP contribution in [0.4, 0.5) is 0 Å². The zero-order chi connectivity index (χ0) is 17.7. The Hall–Kier alpha value is -2.29. The summed E-state index contributed by atoms with van der Waals surface area (Å²) in [6, 6.07) is 18.5. The van der Waals surface area contributed by atoms with Gasteiger partial charge in [0, 0.05) is 24.9 Å². The van der Waals surface area contributed by atoms with Gasteiger partial charge in [-0.2, -0.15) is 0 Å². The topological polar surface area (TPSA) is 29.5 Å². The molecule has 0 bridgehead atoms. The molecule has 0 aliphatic carbocycles. The van der Waals surface area contributed by atoms with Crippen LogP contribution in [0.15, 0.2) is 54.6 Å². The second-order valence-corrected chi connectivity index (χ2v) is 5.92. The number of amides is 1. The first-order valence-corrected chi connectivity index (χ1v) is 8.55. The van der Waals surface area contributed by atoms with Gasteiger partial charge in [0.25, 0.3) is 0 Å². The molecule has 1 aliphatic rings. The number of methoxy groups -OCH3 is 1. The van der Waals surface area contributed by atoms with Crippen molar-refractivity contribution in [1.29, 1.82) is 0 Å². The Labute approximate surface area is 145 Å². The van der Waals surface area contributed by atoms with Crippen LogP contribution in [0, 0.1) is 0 Å². The Morgan fingerprint density at radius 3 is 2.00 bits per heavy atom. The van der Waals surface area contributed by atoms with Crippen molar-refractivity contribution < 1.29 is 9.53 Å². The van der Waals surface area contributed by atoms with Crippen molar-refractivity contribution in [3.8, 4) is 5.75 Å². The molecular weight excluding hydrogens is 298 g/mol. The number of likely N-dealkylation sites (tertiary alicyclic amines) is 1. The van der Waals surface area contributed by atoms with E-state index in [0.717, 1.165) is 11.3 Å². The molecule has 2 aromatic carbocycles. The summed E-state index contributed by atoms with van der Waals surface area (Å²) < 4.78 is 5.26. The van der Waals surface area contributed by atoms with Crippen LogP contribution in [0.3, 0.4) is 0 Å². The SMILES string of the molecule is CC.COc1ccc(C2(c3ccccc3)CC(=O)N(C)C2C)cc1. The van der Waals surface area contributed by atoms with Crippen molar-refractivity contribution in [3.63, 3.8) is 0 Å². The van der Waals surface area contributed by atoms with E-state index in [1.165, 1.54) is 5.56 Å². The van der Waals surface area contributed by atoms with Crippen molar-refractivity contribution in [2.24, 2.45) is 0 Å². The highest BCUT2D eigenvalue weighted by atomic mass is 16.5. The highest BCUT2D eigenvalue weighted by Gasteiger charge is 2.50. The molecule has 1 aliphatic heterocycles. The number of ether oxygens (including phenoxy) is 1. The highest BCUT2D eigenvalue weighted by molar-refractivity contribution is 5.83. The van der Waals surface area contributed by atoms with Crippen LogP contribution in [0.5, 0.6) is 5.75 Å². The van der Waals surface area contributed by atoms with Crippen molar-refractivity contribution in [2.75, 3.05) is 14.2 Å². The first-order chi connectivity index (χ1) is 11.6. The number of likely N-dealkylation sites (N-methyl/N-ethyl adjacent to an activating group) is 1. The number of hydrogen-bond acceptors (Lipinski definition) is 2. The molecule has 128 valence electrons. The van der Waals surface area contributed by atoms with Crippen LogP contribution in [0.2, 0.25) is 0 Å². The van der Waals surface area contributed by atoms with Crippen LogP contribution >= 0.6 is 0 Å². The minimum Gasteiger partial charge on any atom is -0.497 e. The summed E-state index contributed by atoms with van der Waals surface area (Å²) in [4.78, 5) is 14.2. The second kappa shape index (κ2) is 7.52. The van der Waals surface area contributed by atoms with Gasteiger partial charge in [-0.05, 0) is 30.2 Å². The molecule has 2 aromatic rings. The molecule has 0 radical (unpaired) electrons. The van der Waals surface area contributed by atoms with E-state index in [9.17, 15) is 4.79 Å². The Bertz CT molecular complexity index is 666. The summed E-state index contributed by atoms with van der Waals surface area (Å²) >= 11 is 0. The number of carbonyl (C=O) groups is 1. The Morgan fingerprint density at radius 1 is 1.00 bits per heavy atom. The summed E-state index contributed by atoms with van der Waals surface area (Å²) in [5, 5.41) is 0. The molecular formula is C21H27NO2. The number of benzene rings is 2. The first-order valence-electron chi connectivity index (χ1n) is 8.55. The molecule has 1 amide bonds. The van der Waals surface area contributed by atoms with Gasteiger partial charge >= 0.3 is 0 Å². The fraction of sp³-hybridized carbons (Fsp3) is 0.381. The minimum absolute atomic E-state index is 0.107. The molecule has 24 heavy (non-hydrogen) atoms. The van der Waals surface area contributed by atoms with Crippen molar-refractivity contribution in [1.82, 2.24) is 4.90 Å². The third kappa shape index (κ3) is 2.91. The van der Waals surface area contributed by atoms with E-state index < -0.39 is 0 Å². The summed E-state index contributed by atoms with van der Waals surface area (Å²) in [5.74, 6) is 1.02. The van der Waals surface area contributed by atoms with Crippen LogP contribution < -0.4 is 4.74 Å². The molecule has 1 heterocycles. The molecule has 0 saturated carbocycles. The zero-order valence-electron chi connectivity index (χ0n) is 15.2. The van der Waals surface area contributed by atoms with Gasteiger partial charge in [-0.25, -0.2) is 0 Å². The Morgan fingerprint density at radius 2 is 1.54 bits per heavy atom. The van der Waals surface area contributed by atoms with Gasteiger partial charge in [-0.1, -0.05) is 56.3 Å². The van der Waals surface area contributed by atoms with Crippen LogP contribution in [-0.4, -0.2) is 31.0 Å². The second-order valence-electron chi connectivity index (χ2n) is 5.92. The van der Waals surface area contributed by atoms with Gasteiger partial charge in [-0.15, -0.1) is 0 Å². The summed E-state index contributed by atoms with van der Waals surface area (Å²) in [5.41, 5.74) is 2.04. The lowest BCUT2D eigenvalue weighted by Crippen LogP contribution is -2.40. The predicted molar refractivity (Wildman–Crippen MR) is 98.4 cm³/mol. The van der Waals surface area contributed by atoms with Crippen molar-refractivity contribution in [3.05, 3.63) is 65.7 Å². The Balaban J connectivity index is 0.00000100. The van der Waals surface area contributed by atoms with Gasteiger partial charge in [0.2, 0.25) is 5.91 Å². The van der Waals surface area contributed by atoms with Crippen molar-refractivity contribution in [2.45, 2.75) is 38.6 Å². The molecule has 3 nitrogen and oxygen atoms in total. The normalized spacial score (nSPS) is 22.8. The van der Waals surface area contributed by atoms with Gasteiger partial charge in [0.1, 0.15) is 5.75 Å². The number of carbonyl (C=O) groups excluding carboxylic acids is 1. The highest BCUT2D eigenvalue weighted by Crippen LogP contribution is 2.45. The minimum atomic E-state index is -0.306. The molecule has 2 unspecified atom stereocenters. The molecule has 0 aromatic heterocycles. The fourth-order valence-electron chi connectivity index (χ4n) is 3.53. The lowest BCUT2D eigenvalue weighted by molar-refractivity contribution is -0.127. The maximum atomic E-state index is 12.4. The predicted octanol–water partition coefficient (Wildman–Crippen LogP) is 4.26.